The fourth-order valence-electron chi connectivity index (χ4n) is 2.85. The number of rotatable bonds is 2. The number of ether oxygens (including phenoxy) is 1. The molecular formula is C17H12FN3O2. The van der Waals surface area contributed by atoms with E-state index in [4.69, 9.17) is 4.74 Å². The summed E-state index contributed by atoms with van der Waals surface area (Å²) >= 11 is 0. The molecule has 0 saturated carbocycles. The number of fused-ring (bicyclic) bond motifs is 2. The first-order chi connectivity index (χ1) is 11.2. The molecule has 114 valence electrons. The van der Waals surface area contributed by atoms with Gasteiger partial charge in [-0.3, -0.25) is 4.79 Å². The number of halogens is 1. The summed E-state index contributed by atoms with van der Waals surface area (Å²) < 4.78 is 18.8. The molecular weight excluding hydrogens is 297 g/mol. The average Bonchev–Trinajstić information content (AvgIpc) is 2.86. The van der Waals surface area contributed by atoms with Crippen LogP contribution in [0.15, 0.2) is 42.6 Å². The number of hydrogen-bond donors (Lipinski definition) is 0. The van der Waals surface area contributed by atoms with Crippen LogP contribution in [0.25, 0.3) is 22.0 Å². The monoisotopic (exact) mass is 309 g/mol. The van der Waals surface area contributed by atoms with Crippen molar-refractivity contribution >= 4 is 16.8 Å². The molecule has 0 spiro atoms. The second-order valence-corrected chi connectivity index (χ2v) is 5.25. The zero-order valence-corrected chi connectivity index (χ0v) is 12.3. The Kier molecular flexibility index (Phi) is 2.97. The topological polar surface area (TPSA) is 55.3 Å². The Morgan fingerprint density at radius 1 is 1.17 bits per heavy atom. The molecule has 0 saturated heterocycles. The molecule has 1 aliphatic rings. The highest BCUT2D eigenvalue weighted by molar-refractivity contribution is 6.03. The maximum Gasteiger partial charge on any atom is 0.283 e. The molecule has 0 unspecified atom stereocenters. The summed E-state index contributed by atoms with van der Waals surface area (Å²) in [5, 5.41) is 0.955. The zero-order valence-electron chi connectivity index (χ0n) is 12.3. The molecule has 3 heterocycles. The van der Waals surface area contributed by atoms with Gasteiger partial charge in [0.05, 0.1) is 30.4 Å². The molecule has 1 aromatic carbocycles. The van der Waals surface area contributed by atoms with E-state index >= 15 is 0 Å². The van der Waals surface area contributed by atoms with Gasteiger partial charge in [-0.15, -0.1) is 0 Å². The summed E-state index contributed by atoms with van der Waals surface area (Å²) in [7, 11) is 1.56. The molecule has 6 heteroatoms. The van der Waals surface area contributed by atoms with Crippen LogP contribution in [0.4, 0.5) is 4.48 Å². The quantitative estimate of drug-likeness (QED) is 0.682. The first kappa shape index (κ1) is 13.6. The van der Waals surface area contributed by atoms with Crippen LogP contribution in [-0.2, 0) is 6.54 Å². The van der Waals surface area contributed by atoms with Crippen LogP contribution in [0.2, 0.25) is 0 Å². The van der Waals surface area contributed by atoms with E-state index in [-0.39, 0.29) is 11.7 Å². The van der Waals surface area contributed by atoms with Gasteiger partial charge in [-0.05, 0) is 18.2 Å². The van der Waals surface area contributed by atoms with Gasteiger partial charge in [0.1, 0.15) is 0 Å². The van der Waals surface area contributed by atoms with Gasteiger partial charge in [-0.25, -0.2) is 9.97 Å². The zero-order chi connectivity index (χ0) is 16.0. The highest BCUT2D eigenvalue weighted by Crippen LogP contribution is 2.34. The maximum absolute atomic E-state index is 13.5. The van der Waals surface area contributed by atoms with E-state index in [1.807, 2.05) is 30.3 Å². The van der Waals surface area contributed by atoms with Crippen LogP contribution in [0.3, 0.4) is 0 Å². The minimum absolute atomic E-state index is 0.122. The smallest absolute Gasteiger partial charge is 0.283 e. The molecule has 0 radical (unpaired) electrons. The molecule has 0 fully saturated rings. The largest absolute Gasteiger partial charge is 0.481 e. The van der Waals surface area contributed by atoms with Crippen molar-refractivity contribution in [2.24, 2.45) is 0 Å². The number of methoxy groups -OCH3 is 1. The van der Waals surface area contributed by atoms with Crippen LogP contribution in [-0.4, -0.2) is 28.1 Å². The molecule has 1 amide bonds. The second-order valence-electron chi connectivity index (χ2n) is 5.25. The van der Waals surface area contributed by atoms with Crippen molar-refractivity contribution in [1.82, 2.24) is 15.1 Å². The van der Waals surface area contributed by atoms with Crippen LogP contribution < -0.4 is 4.74 Å². The predicted octanol–water partition coefficient (Wildman–Crippen LogP) is 3.15. The summed E-state index contributed by atoms with van der Waals surface area (Å²) in [6.45, 7) is -0.122. The second kappa shape index (κ2) is 5.01. The van der Waals surface area contributed by atoms with Gasteiger partial charge in [0.2, 0.25) is 5.88 Å². The van der Waals surface area contributed by atoms with Gasteiger partial charge in [-0.2, -0.15) is 5.12 Å². The Morgan fingerprint density at radius 2 is 2.00 bits per heavy atom. The Bertz CT molecular complexity index is 942. The van der Waals surface area contributed by atoms with E-state index in [9.17, 15) is 9.28 Å². The number of benzene rings is 1. The van der Waals surface area contributed by atoms with Gasteiger partial charge in [-0.1, -0.05) is 22.7 Å². The number of hydrogen-bond acceptors (Lipinski definition) is 4. The van der Waals surface area contributed by atoms with E-state index in [0.717, 1.165) is 16.5 Å². The van der Waals surface area contributed by atoms with E-state index in [2.05, 4.69) is 9.97 Å². The van der Waals surface area contributed by atoms with Gasteiger partial charge in [0.15, 0.2) is 0 Å². The van der Waals surface area contributed by atoms with Gasteiger partial charge in [0, 0.05) is 22.7 Å². The van der Waals surface area contributed by atoms with Gasteiger partial charge >= 0.3 is 0 Å². The molecule has 23 heavy (non-hydrogen) atoms. The third-order valence-corrected chi connectivity index (χ3v) is 3.92. The Balaban J connectivity index is 1.99. The SMILES string of the molecule is COc1ncccc1-c1cccc2cc3c(nc12)CN(F)C3=O. The van der Waals surface area contributed by atoms with Crippen molar-refractivity contribution < 1.29 is 14.0 Å². The van der Waals surface area contributed by atoms with Crippen LogP contribution in [0.5, 0.6) is 5.88 Å². The van der Waals surface area contributed by atoms with E-state index in [1.54, 1.807) is 19.4 Å². The van der Waals surface area contributed by atoms with Crippen molar-refractivity contribution in [3.8, 4) is 17.0 Å². The van der Waals surface area contributed by atoms with E-state index in [1.165, 1.54) is 0 Å². The molecule has 2 aromatic heterocycles. The first-order valence-electron chi connectivity index (χ1n) is 7.08. The molecule has 0 N–H and O–H groups in total. The lowest BCUT2D eigenvalue weighted by Gasteiger charge is -2.10. The third-order valence-electron chi connectivity index (χ3n) is 3.92. The van der Waals surface area contributed by atoms with Gasteiger partial charge < -0.3 is 4.74 Å². The van der Waals surface area contributed by atoms with Crippen molar-refractivity contribution in [1.29, 1.82) is 0 Å². The molecule has 0 bridgehead atoms. The number of nitrogens with zero attached hydrogens (tertiary/aromatic N) is 3. The number of aromatic nitrogens is 2. The summed E-state index contributed by atoms with van der Waals surface area (Å²) in [6, 6.07) is 11.0. The minimum atomic E-state index is -0.640. The lowest BCUT2D eigenvalue weighted by molar-refractivity contribution is 0.0217. The summed E-state index contributed by atoms with van der Waals surface area (Å²) in [4.78, 5) is 20.5. The summed E-state index contributed by atoms with van der Waals surface area (Å²) in [5.74, 6) is -0.149. The normalized spacial score (nSPS) is 13.5. The Labute approximate surface area is 131 Å². The molecule has 0 aliphatic carbocycles. The predicted molar refractivity (Wildman–Crippen MR) is 82.5 cm³/mol. The van der Waals surface area contributed by atoms with Crippen molar-refractivity contribution in [2.45, 2.75) is 6.54 Å². The van der Waals surface area contributed by atoms with Crippen LogP contribution in [0, 0.1) is 0 Å². The number of pyridine rings is 2. The van der Waals surface area contributed by atoms with Crippen LogP contribution >= 0.6 is 0 Å². The highest BCUT2D eigenvalue weighted by atomic mass is 19.2. The highest BCUT2D eigenvalue weighted by Gasteiger charge is 2.29. The Morgan fingerprint density at radius 3 is 2.83 bits per heavy atom. The average molecular weight is 309 g/mol. The first-order valence-corrected chi connectivity index (χ1v) is 7.08. The minimum Gasteiger partial charge on any atom is -0.481 e. The molecule has 1 aliphatic heterocycles. The molecule has 4 rings (SSSR count). The lowest BCUT2D eigenvalue weighted by atomic mass is 10.0. The number of para-hydroxylation sites is 1. The van der Waals surface area contributed by atoms with Crippen molar-refractivity contribution in [3.05, 3.63) is 53.9 Å². The van der Waals surface area contributed by atoms with Crippen molar-refractivity contribution in [3.63, 3.8) is 0 Å². The maximum atomic E-state index is 13.5. The van der Waals surface area contributed by atoms with Gasteiger partial charge in [0.25, 0.3) is 5.91 Å². The van der Waals surface area contributed by atoms with Crippen LogP contribution in [0.1, 0.15) is 16.1 Å². The fourth-order valence-corrected chi connectivity index (χ4v) is 2.85. The van der Waals surface area contributed by atoms with E-state index in [0.29, 0.717) is 22.7 Å². The number of carbonyl (C=O) groups excluding carboxylic acids is 1. The number of amides is 1. The summed E-state index contributed by atoms with van der Waals surface area (Å²) in [6.07, 6.45) is 1.65. The Hall–Kier alpha value is -3.02. The van der Waals surface area contributed by atoms with Crippen molar-refractivity contribution in [2.75, 3.05) is 7.11 Å². The fraction of sp³-hybridized carbons (Fsp3) is 0.118. The molecule has 0 atom stereocenters. The molecule has 3 aromatic rings. The summed E-state index contributed by atoms with van der Waals surface area (Å²) in [5.41, 5.74) is 3.09. The third kappa shape index (κ3) is 2.03. The standard InChI is InChI=1S/C17H12FN3O2/c1-23-16-12(6-3-7-19-16)11-5-2-4-10-8-13-14(20-15(10)11)9-21(18)17(13)22/h2-8H,9H2,1H3. The van der Waals surface area contributed by atoms with E-state index < -0.39 is 5.91 Å². The molecule has 5 nitrogen and oxygen atoms in total. The lowest BCUT2D eigenvalue weighted by Crippen LogP contribution is -2.12. The number of carbonyl (C=O) groups is 1.